The SMILES string of the molecule is CCCc1cc(Cn2cnc3cnccc3c2=O)on1. The topological polar surface area (TPSA) is 73.8 Å². The Morgan fingerprint density at radius 3 is 3.15 bits per heavy atom. The highest BCUT2D eigenvalue weighted by Gasteiger charge is 2.08. The maximum atomic E-state index is 12.3. The van der Waals surface area contributed by atoms with Crippen molar-refractivity contribution >= 4 is 10.9 Å². The first-order chi connectivity index (χ1) is 9.78. The molecular formula is C14H14N4O2. The van der Waals surface area contributed by atoms with Crippen molar-refractivity contribution in [3.63, 3.8) is 0 Å². The number of hydrogen-bond donors (Lipinski definition) is 0. The van der Waals surface area contributed by atoms with Gasteiger partial charge in [0, 0.05) is 12.3 Å². The molecular weight excluding hydrogens is 256 g/mol. The van der Waals surface area contributed by atoms with Crippen LogP contribution >= 0.6 is 0 Å². The smallest absolute Gasteiger partial charge is 0.261 e. The first-order valence-electron chi connectivity index (χ1n) is 6.51. The summed E-state index contributed by atoms with van der Waals surface area (Å²) in [6, 6.07) is 3.55. The monoisotopic (exact) mass is 270 g/mol. The fourth-order valence-electron chi connectivity index (χ4n) is 2.09. The third-order valence-corrected chi connectivity index (χ3v) is 3.07. The molecule has 0 N–H and O–H groups in total. The van der Waals surface area contributed by atoms with Crippen molar-refractivity contribution < 1.29 is 4.52 Å². The lowest BCUT2D eigenvalue weighted by molar-refractivity contribution is 0.369. The molecule has 20 heavy (non-hydrogen) atoms. The highest BCUT2D eigenvalue weighted by Crippen LogP contribution is 2.08. The third-order valence-electron chi connectivity index (χ3n) is 3.07. The normalized spacial score (nSPS) is 11.1. The van der Waals surface area contributed by atoms with Crippen LogP contribution in [0.4, 0.5) is 0 Å². The van der Waals surface area contributed by atoms with Gasteiger partial charge in [-0.3, -0.25) is 14.3 Å². The molecule has 0 saturated carbocycles. The van der Waals surface area contributed by atoms with Crippen LogP contribution in [0.15, 0.2) is 40.2 Å². The summed E-state index contributed by atoms with van der Waals surface area (Å²) in [7, 11) is 0. The lowest BCUT2D eigenvalue weighted by Gasteiger charge is -2.03. The van der Waals surface area contributed by atoms with E-state index in [4.69, 9.17) is 4.52 Å². The Hall–Kier alpha value is -2.50. The molecule has 0 bridgehead atoms. The molecule has 102 valence electrons. The summed E-state index contributed by atoms with van der Waals surface area (Å²) in [4.78, 5) is 20.5. The average Bonchev–Trinajstić information content (AvgIpc) is 2.90. The Balaban J connectivity index is 1.94. The molecule has 0 spiro atoms. The van der Waals surface area contributed by atoms with Gasteiger partial charge in [0.1, 0.15) is 0 Å². The number of pyridine rings is 1. The van der Waals surface area contributed by atoms with Gasteiger partial charge in [0.25, 0.3) is 5.56 Å². The van der Waals surface area contributed by atoms with Crippen LogP contribution in [0.1, 0.15) is 24.8 Å². The lowest BCUT2D eigenvalue weighted by Crippen LogP contribution is -2.21. The van der Waals surface area contributed by atoms with E-state index in [-0.39, 0.29) is 5.56 Å². The van der Waals surface area contributed by atoms with E-state index in [0.717, 1.165) is 18.5 Å². The fraction of sp³-hybridized carbons (Fsp3) is 0.286. The summed E-state index contributed by atoms with van der Waals surface area (Å²) < 4.78 is 6.75. The van der Waals surface area contributed by atoms with Crippen molar-refractivity contribution in [2.45, 2.75) is 26.3 Å². The third kappa shape index (κ3) is 2.32. The second-order valence-electron chi connectivity index (χ2n) is 4.61. The standard InChI is InChI=1S/C14H14N4O2/c1-2-3-10-6-11(20-17-10)8-18-9-16-13-7-15-5-4-12(13)14(18)19/h4-7,9H,2-3,8H2,1H3. The number of fused-ring (bicyclic) bond motifs is 1. The second-order valence-corrected chi connectivity index (χ2v) is 4.61. The molecule has 6 nitrogen and oxygen atoms in total. The van der Waals surface area contributed by atoms with E-state index in [0.29, 0.717) is 23.2 Å². The maximum Gasteiger partial charge on any atom is 0.261 e. The molecule has 0 saturated heterocycles. The van der Waals surface area contributed by atoms with Crippen LogP contribution in [0.25, 0.3) is 10.9 Å². The van der Waals surface area contributed by atoms with Gasteiger partial charge in [-0.05, 0) is 12.5 Å². The number of rotatable bonds is 4. The van der Waals surface area contributed by atoms with Crippen LogP contribution in [0.5, 0.6) is 0 Å². The van der Waals surface area contributed by atoms with E-state index in [1.54, 1.807) is 18.5 Å². The molecule has 0 unspecified atom stereocenters. The quantitative estimate of drug-likeness (QED) is 0.722. The minimum atomic E-state index is -0.106. The van der Waals surface area contributed by atoms with E-state index < -0.39 is 0 Å². The summed E-state index contributed by atoms with van der Waals surface area (Å²) in [5.74, 6) is 0.658. The number of nitrogens with zero attached hydrogens (tertiary/aromatic N) is 4. The molecule has 0 radical (unpaired) electrons. The van der Waals surface area contributed by atoms with E-state index >= 15 is 0 Å². The Morgan fingerprint density at radius 1 is 1.40 bits per heavy atom. The summed E-state index contributed by atoms with van der Waals surface area (Å²) in [6.07, 6.45) is 6.56. The van der Waals surface area contributed by atoms with Crippen molar-refractivity contribution in [3.05, 3.63) is 52.7 Å². The van der Waals surface area contributed by atoms with Gasteiger partial charge in [-0.15, -0.1) is 0 Å². The van der Waals surface area contributed by atoms with Crippen LogP contribution in [0.3, 0.4) is 0 Å². The Morgan fingerprint density at radius 2 is 2.30 bits per heavy atom. The second kappa shape index (κ2) is 5.24. The van der Waals surface area contributed by atoms with Crippen molar-refractivity contribution in [1.82, 2.24) is 19.7 Å². The Labute approximate surface area is 115 Å². The van der Waals surface area contributed by atoms with E-state index in [1.165, 1.54) is 10.9 Å². The number of aryl methyl sites for hydroxylation is 1. The van der Waals surface area contributed by atoms with Gasteiger partial charge in [-0.25, -0.2) is 4.98 Å². The summed E-state index contributed by atoms with van der Waals surface area (Å²) in [5, 5.41) is 4.52. The van der Waals surface area contributed by atoms with Gasteiger partial charge in [-0.2, -0.15) is 0 Å². The van der Waals surface area contributed by atoms with Gasteiger partial charge < -0.3 is 4.52 Å². The van der Waals surface area contributed by atoms with Gasteiger partial charge in [0.2, 0.25) is 0 Å². The van der Waals surface area contributed by atoms with Gasteiger partial charge in [0.05, 0.1) is 35.7 Å². The molecule has 3 rings (SSSR count). The van der Waals surface area contributed by atoms with Crippen LogP contribution in [0.2, 0.25) is 0 Å². The molecule has 0 fully saturated rings. The molecule has 3 heterocycles. The molecule has 0 aliphatic carbocycles. The van der Waals surface area contributed by atoms with Gasteiger partial charge >= 0.3 is 0 Å². The molecule has 3 aromatic rings. The summed E-state index contributed by atoms with van der Waals surface area (Å²) in [6.45, 7) is 2.42. The molecule has 0 aliphatic rings. The highest BCUT2D eigenvalue weighted by molar-refractivity contribution is 5.75. The molecule has 6 heteroatoms. The average molecular weight is 270 g/mol. The van der Waals surface area contributed by atoms with Crippen LogP contribution in [0, 0.1) is 0 Å². The Bertz CT molecular complexity index is 791. The van der Waals surface area contributed by atoms with Gasteiger partial charge in [0.15, 0.2) is 5.76 Å². The zero-order valence-electron chi connectivity index (χ0n) is 11.1. The van der Waals surface area contributed by atoms with Crippen molar-refractivity contribution in [3.8, 4) is 0 Å². The van der Waals surface area contributed by atoms with Crippen molar-refractivity contribution in [2.75, 3.05) is 0 Å². The number of aromatic nitrogens is 4. The van der Waals surface area contributed by atoms with Gasteiger partial charge in [-0.1, -0.05) is 18.5 Å². The Kier molecular flexibility index (Phi) is 3.28. The molecule has 0 atom stereocenters. The van der Waals surface area contributed by atoms with Crippen LogP contribution in [-0.4, -0.2) is 19.7 Å². The molecule has 0 aromatic carbocycles. The number of hydrogen-bond acceptors (Lipinski definition) is 5. The summed E-state index contributed by atoms with van der Waals surface area (Å²) in [5.41, 5.74) is 1.40. The fourth-order valence-corrected chi connectivity index (χ4v) is 2.09. The first-order valence-corrected chi connectivity index (χ1v) is 6.51. The lowest BCUT2D eigenvalue weighted by atomic mass is 10.2. The predicted octanol–water partition coefficient (Wildman–Crippen LogP) is 1.78. The zero-order valence-corrected chi connectivity index (χ0v) is 11.1. The van der Waals surface area contributed by atoms with Crippen molar-refractivity contribution in [1.29, 1.82) is 0 Å². The van der Waals surface area contributed by atoms with E-state index in [9.17, 15) is 4.79 Å². The van der Waals surface area contributed by atoms with Crippen LogP contribution in [-0.2, 0) is 13.0 Å². The van der Waals surface area contributed by atoms with Crippen LogP contribution < -0.4 is 5.56 Å². The van der Waals surface area contributed by atoms with Crippen molar-refractivity contribution in [2.24, 2.45) is 0 Å². The maximum absolute atomic E-state index is 12.3. The zero-order chi connectivity index (χ0) is 13.9. The predicted molar refractivity (Wildman–Crippen MR) is 73.4 cm³/mol. The largest absolute Gasteiger partial charge is 0.359 e. The minimum Gasteiger partial charge on any atom is -0.359 e. The first kappa shape index (κ1) is 12.5. The minimum absolute atomic E-state index is 0.106. The summed E-state index contributed by atoms with van der Waals surface area (Å²) >= 11 is 0. The molecule has 0 amide bonds. The molecule has 3 aromatic heterocycles. The van der Waals surface area contributed by atoms with E-state index in [2.05, 4.69) is 22.0 Å². The highest BCUT2D eigenvalue weighted by atomic mass is 16.5. The molecule has 0 aliphatic heterocycles. The van der Waals surface area contributed by atoms with E-state index in [1.807, 2.05) is 6.07 Å².